The Bertz CT molecular complexity index is 827. The Morgan fingerprint density at radius 1 is 1.24 bits per heavy atom. The van der Waals surface area contributed by atoms with Crippen molar-refractivity contribution in [3.8, 4) is 0 Å². The molecule has 0 saturated heterocycles. The van der Waals surface area contributed by atoms with Gasteiger partial charge < -0.3 is 9.88 Å². The first-order valence-electron chi connectivity index (χ1n) is 8.50. The van der Waals surface area contributed by atoms with Gasteiger partial charge in [0.25, 0.3) is 10.0 Å². The summed E-state index contributed by atoms with van der Waals surface area (Å²) in [4.78, 5) is 4.32. The fourth-order valence-corrected chi connectivity index (χ4v) is 4.58. The van der Waals surface area contributed by atoms with Gasteiger partial charge in [-0.25, -0.2) is 18.1 Å². The van der Waals surface area contributed by atoms with Crippen molar-refractivity contribution >= 4 is 22.4 Å². The van der Waals surface area contributed by atoms with Crippen LogP contribution in [0.3, 0.4) is 0 Å². The van der Waals surface area contributed by atoms with Crippen molar-refractivity contribution in [2.24, 2.45) is 0 Å². The van der Waals surface area contributed by atoms with E-state index in [2.05, 4.69) is 27.2 Å². The van der Waals surface area contributed by atoms with Gasteiger partial charge in [0.15, 0.2) is 5.03 Å². The predicted octanol–water partition coefficient (Wildman–Crippen LogP) is 1.81. The first-order chi connectivity index (χ1) is 11.6. The van der Waals surface area contributed by atoms with Crippen molar-refractivity contribution in [2.45, 2.75) is 43.3 Å². The summed E-state index contributed by atoms with van der Waals surface area (Å²) in [7, 11) is -3.58. The van der Waals surface area contributed by atoms with Gasteiger partial charge >= 0.3 is 0 Å². The zero-order chi connectivity index (χ0) is 16.6. The quantitative estimate of drug-likeness (QED) is 0.845. The number of aromatic nitrogens is 2. The molecule has 2 aliphatic rings. The zero-order valence-corrected chi connectivity index (χ0v) is 15.6. The van der Waals surface area contributed by atoms with Crippen molar-refractivity contribution < 1.29 is 8.42 Å². The van der Waals surface area contributed by atoms with Gasteiger partial charge in [-0.15, -0.1) is 12.4 Å². The third-order valence-corrected chi connectivity index (χ3v) is 6.15. The second-order valence-electron chi connectivity index (χ2n) is 6.45. The number of benzene rings is 1. The Kier molecular flexibility index (Phi) is 5.48. The second kappa shape index (κ2) is 7.45. The van der Waals surface area contributed by atoms with Gasteiger partial charge in [-0.3, -0.25) is 0 Å². The van der Waals surface area contributed by atoms with Crippen LogP contribution >= 0.6 is 12.4 Å². The molecular weight excluding hydrogens is 360 g/mol. The molecule has 0 spiro atoms. The summed E-state index contributed by atoms with van der Waals surface area (Å²) in [5.41, 5.74) is 2.47. The van der Waals surface area contributed by atoms with Crippen LogP contribution in [0.15, 0.2) is 35.5 Å². The SMILES string of the molecule is Cl.O=S(=O)(NCC1NCCc2ccccc21)c1cn2c(n1)CCCC2. The van der Waals surface area contributed by atoms with Crippen molar-refractivity contribution in [3.05, 3.63) is 47.4 Å². The standard InChI is InChI=1S/C17H22N4O2S.ClH/c22-24(23,17-12-21-10-4-3-7-16(21)20-17)19-11-15-14-6-2-1-5-13(14)8-9-18-15;/h1-2,5-6,12,15,18-19H,3-4,7-11H2;1H. The maximum Gasteiger partial charge on any atom is 0.259 e. The van der Waals surface area contributed by atoms with Gasteiger partial charge in [0.05, 0.1) is 0 Å². The largest absolute Gasteiger partial charge is 0.333 e. The molecule has 0 bridgehead atoms. The van der Waals surface area contributed by atoms with Crippen molar-refractivity contribution in [1.29, 1.82) is 0 Å². The number of hydrogen-bond donors (Lipinski definition) is 2. The fourth-order valence-electron chi connectivity index (χ4n) is 3.56. The van der Waals surface area contributed by atoms with Crippen LogP contribution in [-0.2, 0) is 29.4 Å². The number of sulfonamides is 1. The molecule has 0 fully saturated rings. The Morgan fingerprint density at radius 3 is 2.92 bits per heavy atom. The predicted molar refractivity (Wildman–Crippen MR) is 98.5 cm³/mol. The molecule has 1 aromatic carbocycles. The van der Waals surface area contributed by atoms with E-state index in [0.29, 0.717) is 6.54 Å². The van der Waals surface area contributed by atoms with Crippen molar-refractivity contribution in [2.75, 3.05) is 13.1 Å². The normalized spacial score (nSPS) is 19.6. The first-order valence-corrected chi connectivity index (χ1v) is 9.99. The smallest absolute Gasteiger partial charge is 0.259 e. The van der Waals surface area contributed by atoms with E-state index >= 15 is 0 Å². The number of fused-ring (bicyclic) bond motifs is 2. The van der Waals surface area contributed by atoms with Crippen LogP contribution in [0.4, 0.5) is 0 Å². The number of nitrogens with zero attached hydrogens (tertiary/aromatic N) is 2. The van der Waals surface area contributed by atoms with Crippen LogP contribution < -0.4 is 10.0 Å². The molecule has 2 N–H and O–H groups in total. The van der Waals surface area contributed by atoms with Crippen molar-refractivity contribution in [3.63, 3.8) is 0 Å². The highest BCUT2D eigenvalue weighted by Gasteiger charge is 2.25. The third kappa shape index (κ3) is 3.74. The summed E-state index contributed by atoms with van der Waals surface area (Å²) in [6.07, 6.45) is 5.66. The summed E-state index contributed by atoms with van der Waals surface area (Å²) in [6, 6.07) is 8.20. The molecule has 4 rings (SSSR count). The minimum absolute atomic E-state index is 0. The molecule has 2 aromatic rings. The molecule has 0 aliphatic carbocycles. The molecule has 6 nitrogen and oxygen atoms in total. The van der Waals surface area contributed by atoms with Gasteiger partial charge in [0.1, 0.15) is 5.82 Å². The third-order valence-electron chi connectivity index (χ3n) is 4.85. The molecule has 25 heavy (non-hydrogen) atoms. The summed E-state index contributed by atoms with van der Waals surface area (Å²) in [5.74, 6) is 0.878. The first kappa shape index (κ1) is 18.4. The highest BCUT2D eigenvalue weighted by atomic mass is 35.5. The van der Waals surface area contributed by atoms with Gasteiger partial charge in [-0.2, -0.15) is 0 Å². The fraction of sp³-hybridized carbons (Fsp3) is 0.471. The molecule has 0 saturated carbocycles. The average Bonchev–Trinajstić information content (AvgIpc) is 3.05. The van der Waals surface area contributed by atoms with Crippen LogP contribution in [0, 0.1) is 0 Å². The molecule has 136 valence electrons. The molecule has 1 unspecified atom stereocenters. The number of nitrogens with one attached hydrogen (secondary N) is 2. The van der Waals surface area contributed by atoms with Crippen LogP contribution in [0.5, 0.6) is 0 Å². The Balaban J connectivity index is 0.00000182. The number of rotatable bonds is 4. The van der Waals surface area contributed by atoms with E-state index in [9.17, 15) is 8.42 Å². The Labute approximate surface area is 154 Å². The lowest BCUT2D eigenvalue weighted by Crippen LogP contribution is -2.38. The van der Waals surface area contributed by atoms with E-state index in [0.717, 1.165) is 44.6 Å². The molecule has 3 heterocycles. The van der Waals surface area contributed by atoms with E-state index in [1.54, 1.807) is 6.20 Å². The highest BCUT2D eigenvalue weighted by molar-refractivity contribution is 7.89. The topological polar surface area (TPSA) is 76.0 Å². The van der Waals surface area contributed by atoms with Crippen molar-refractivity contribution in [1.82, 2.24) is 19.6 Å². The molecule has 8 heteroatoms. The maximum absolute atomic E-state index is 12.6. The highest BCUT2D eigenvalue weighted by Crippen LogP contribution is 2.23. The molecule has 0 radical (unpaired) electrons. The van der Waals surface area contributed by atoms with E-state index in [1.807, 2.05) is 16.7 Å². The van der Waals surface area contributed by atoms with E-state index in [4.69, 9.17) is 0 Å². The van der Waals surface area contributed by atoms with Gasteiger partial charge in [-0.1, -0.05) is 24.3 Å². The average molecular weight is 383 g/mol. The lowest BCUT2D eigenvalue weighted by atomic mass is 9.95. The number of halogens is 1. The molecule has 2 aliphatic heterocycles. The minimum atomic E-state index is -3.58. The number of aryl methyl sites for hydroxylation is 2. The second-order valence-corrected chi connectivity index (χ2v) is 8.17. The molecular formula is C17H23ClN4O2S. The summed E-state index contributed by atoms with van der Waals surface area (Å²) >= 11 is 0. The monoisotopic (exact) mass is 382 g/mol. The van der Waals surface area contributed by atoms with E-state index in [-0.39, 0.29) is 23.5 Å². The van der Waals surface area contributed by atoms with Gasteiger partial charge in [-0.05, 0) is 36.9 Å². The Morgan fingerprint density at radius 2 is 2.08 bits per heavy atom. The summed E-state index contributed by atoms with van der Waals surface area (Å²) in [6.45, 7) is 2.05. The van der Waals surface area contributed by atoms with Gasteiger partial charge in [0, 0.05) is 31.7 Å². The Hall–Kier alpha value is -1.41. The van der Waals surface area contributed by atoms with Crippen LogP contribution in [-0.4, -0.2) is 31.1 Å². The molecule has 1 aromatic heterocycles. The van der Waals surface area contributed by atoms with E-state index < -0.39 is 10.0 Å². The van der Waals surface area contributed by atoms with Gasteiger partial charge in [0.2, 0.25) is 0 Å². The lowest BCUT2D eigenvalue weighted by molar-refractivity contribution is 0.491. The molecule has 0 amide bonds. The summed E-state index contributed by atoms with van der Waals surface area (Å²) < 4.78 is 29.9. The minimum Gasteiger partial charge on any atom is -0.333 e. The maximum atomic E-state index is 12.6. The van der Waals surface area contributed by atoms with Crippen LogP contribution in [0.1, 0.15) is 35.8 Å². The zero-order valence-electron chi connectivity index (χ0n) is 13.9. The molecule has 1 atom stereocenters. The van der Waals surface area contributed by atoms with E-state index in [1.165, 1.54) is 11.1 Å². The van der Waals surface area contributed by atoms with Crippen LogP contribution in [0.2, 0.25) is 0 Å². The number of hydrogen-bond acceptors (Lipinski definition) is 4. The summed E-state index contributed by atoms with van der Waals surface area (Å²) in [5, 5.41) is 3.54. The lowest BCUT2D eigenvalue weighted by Gasteiger charge is -2.26. The number of imidazole rings is 1. The van der Waals surface area contributed by atoms with Crippen LogP contribution in [0.25, 0.3) is 0 Å².